The van der Waals surface area contributed by atoms with Gasteiger partial charge in [0.05, 0.1) is 0 Å². The van der Waals surface area contributed by atoms with Gasteiger partial charge < -0.3 is 29.9 Å². The van der Waals surface area contributed by atoms with E-state index in [0.29, 0.717) is 23.3 Å². The zero-order chi connectivity index (χ0) is 42.4. The van der Waals surface area contributed by atoms with Crippen molar-refractivity contribution in [3.05, 3.63) is 106 Å². The molecule has 2 saturated heterocycles. The molecule has 0 amide bonds. The third-order valence-corrected chi connectivity index (χ3v) is 13.6. The number of halogens is 2. The summed E-state index contributed by atoms with van der Waals surface area (Å²) >= 11 is 0. The Bertz CT molecular complexity index is 2060. The topological polar surface area (TPSA) is 101 Å². The van der Waals surface area contributed by atoms with Crippen LogP contribution < -0.4 is 29.9 Å². The van der Waals surface area contributed by atoms with E-state index < -0.39 is 0 Å². The fraction of sp³-hybridized carbons (Fsp3) is 0.520. The number of anilines is 2. The third-order valence-electron chi connectivity index (χ3n) is 13.6. The molecule has 6 aliphatic heterocycles. The number of hydrogen-bond acceptors (Lipinski definition) is 10. The molecular weight excluding hydrogens is 783 g/mol. The highest BCUT2D eigenvalue weighted by Crippen LogP contribution is 2.41. The Morgan fingerprint density at radius 1 is 0.597 bits per heavy atom. The third kappa shape index (κ3) is 9.66. The first-order valence-corrected chi connectivity index (χ1v) is 23.3. The molecule has 0 unspecified atom stereocenters. The van der Waals surface area contributed by atoms with Crippen LogP contribution in [0.25, 0.3) is 11.1 Å². The van der Waals surface area contributed by atoms with Crippen molar-refractivity contribution in [1.82, 2.24) is 30.6 Å². The Hall–Kier alpha value is -4.94. The number of nitrogens with one attached hydrogen (secondary N) is 2. The fourth-order valence-corrected chi connectivity index (χ4v) is 10.2. The molecule has 2 N–H and O–H groups in total. The van der Waals surface area contributed by atoms with Crippen LogP contribution in [0.15, 0.2) is 61.2 Å². The van der Waals surface area contributed by atoms with E-state index in [2.05, 4.69) is 78.5 Å². The maximum atomic E-state index is 14.8. The highest BCUT2D eigenvalue weighted by molar-refractivity contribution is 5.69. The second-order valence-electron chi connectivity index (χ2n) is 17.9. The molecule has 0 spiro atoms. The van der Waals surface area contributed by atoms with E-state index in [1.54, 1.807) is 12.1 Å². The lowest BCUT2D eigenvalue weighted by molar-refractivity contribution is 0.134. The Labute approximate surface area is 365 Å². The smallest absolute Gasteiger partial charge is 0.225 e. The molecule has 0 saturated carbocycles. The Balaban J connectivity index is 0.000000158. The minimum Gasteiger partial charge on any atom is -0.486 e. The van der Waals surface area contributed by atoms with Crippen LogP contribution in [-0.2, 0) is 25.7 Å². The van der Waals surface area contributed by atoms with Gasteiger partial charge in [-0.3, -0.25) is 0 Å². The second-order valence-corrected chi connectivity index (χ2v) is 17.9. The van der Waals surface area contributed by atoms with E-state index in [0.717, 1.165) is 164 Å². The zero-order valence-electron chi connectivity index (χ0n) is 36.5. The molecule has 0 aliphatic carbocycles. The van der Waals surface area contributed by atoms with Gasteiger partial charge in [0.2, 0.25) is 11.9 Å². The van der Waals surface area contributed by atoms with E-state index in [1.165, 1.54) is 22.3 Å². The predicted molar refractivity (Wildman–Crippen MR) is 242 cm³/mol. The van der Waals surface area contributed by atoms with E-state index in [9.17, 15) is 8.78 Å². The first-order chi connectivity index (χ1) is 30.4. The van der Waals surface area contributed by atoms with E-state index in [4.69, 9.17) is 9.47 Å². The maximum absolute atomic E-state index is 14.8. The van der Waals surface area contributed by atoms with Gasteiger partial charge in [0.15, 0.2) is 23.1 Å². The summed E-state index contributed by atoms with van der Waals surface area (Å²) < 4.78 is 41.9. The number of benzene rings is 2. The molecule has 12 heteroatoms. The van der Waals surface area contributed by atoms with Gasteiger partial charge in [0.1, 0.15) is 12.2 Å². The van der Waals surface area contributed by atoms with Crippen molar-refractivity contribution >= 4 is 23.0 Å². The molecule has 10 rings (SSSR count). The summed E-state index contributed by atoms with van der Waals surface area (Å²) in [6.45, 7) is 11.6. The van der Waals surface area contributed by atoms with Crippen molar-refractivity contribution < 1.29 is 18.3 Å². The molecule has 6 aliphatic rings. The van der Waals surface area contributed by atoms with Crippen molar-refractivity contribution in [2.24, 2.45) is 11.8 Å². The zero-order valence-corrected chi connectivity index (χ0v) is 36.5. The average molecular weight is 845 g/mol. The van der Waals surface area contributed by atoms with Gasteiger partial charge in [0.25, 0.3) is 0 Å². The maximum Gasteiger partial charge on any atom is 0.225 e. The fourth-order valence-electron chi connectivity index (χ4n) is 10.2. The summed E-state index contributed by atoms with van der Waals surface area (Å²) in [6, 6.07) is 7.60. The number of hydrogen-bond donors (Lipinski definition) is 2. The quantitative estimate of drug-likeness (QED) is 0.162. The Morgan fingerprint density at radius 3 is 1.35 bits per heavy atom. The number of aryl methyl sites for hydroxylation is 2. The molecule has 4 aromatic rings. The first-order valence-electron chi connectivity index (χ1n) is 23.3. The number of ether oxygens (including phenoxy) is 2. The number of aromatic nitrogens is 4. The molecule has 62 heavy (non-hydrogen) atoms. The van der Waals surface area contributed by atoms with Gasteiger partial charge in [-0.25, -0.2) is 28.7 Å². The lowest BCUT2D eigenvalue weighted by atomic mass is 9.88. The van der Waals surface area contributed by atoms with Crippen LogP contribution in [0.5, 0.6) is 11.5 Å². The van der Waals surface area contributed by atoms with Crippen LogP contribution in [-0.4, -0.2) is 84.5 Å². The van der Waals surface area contributed by atoms with Crippen LogP contribution >= 0.6 is 0 Å². The van der Waals surface area contributed by atoms with Crippen LogP contribution in [0, 0.1) is 23.5 Å². The van der Waals surface area contributed by atoms with E-state index in [1.807, 2.05) is 24.8 Å². The summed E-state index contributed by atoms with van der Waals surface area (Å²) in [4.78, 5) is 22.8. The number of piperidine rings is 2. The average Bonchev–Trinajstić information content (AvgIpc) is 3.97. The minimum absolute atomic E-state index is 0.0664. The summed E-state index contributed by atoms with van der Waals surface area (Å²) in [5.74, 6) is 3.02. The molecule has 2 atom stereocenters. The SMILES string of the molecule is CCCc1cnc(N2CCC([C@@H]3Cc4cc(C5=CCNCC5)cc(F)c4O3)CC2)nc1.CCCc1cnc(N2CCC([C@H]3Cc4cc(C5=CCNCC5)cc(F)c4O3)CC2)nc1. The monoisotopic (exact) mass is 844 g/mol. The lowest BCUT2D eigenvalue weighted by Crippen LogP contribution is -2.40. The van der Waals surface area contributed by atoms with Crippen molar-refractivity contribution in [2.75, 3.05) is 62.2 Å². The van der Waals surface area contributed by atoms with Crippen LogP contribution in [0.1, 0.15) is 98.6 Å². The van der Waals surface area contributed by atoms with E-state index >= 15 is 0 Å². The molecule has 0 bridgehead atoms. The highest BCUT2D eigenvalue weighted by atomic mass is 19.1. The largest absolute Gasteiger partial charge is 0.486 e. The summed E-state index contributed by atoms with van der Waals surface area (Å²) in [5.41, 5.74) is 8.94. The number of fused-ring (bicyclic) bond motifs is 2. The molecule has 2 aromatic carbocycles. The molecule has 328 valence electrons. The standard InChI is InChI=1S/2C25H31FN4O/c2*1-2-3-17-15-28-25(29-16-17)30-10-6-19(7-11-30)23-14-21-12-20(13-22(26)24(21)31-23)18-4-8-27-9-5-18/h2*4,12-13,15-16,19,23,27H,2-3,5-11,14H2,1H3/t2*23-/m10/s1. The van der Waals surface area contributed by atoms with Gasteiger partial charge in [-0.15, -0.1) is 0 Å². The van der Waals surface area contributed by atoms with Gasteiger partial charge in [-0.2, -0.15) is 0 Å². The van der Waals surface area contributed by atoms with Crippen LogP contribution in [0.3, 0.4) is 0 Å². The highest BCUT2D eigenvalue weighted by Gasteiger charge is 2.37. The van der Waals surface area contributed by atoms with Gasteiger partial charge in [0, 0.05) is 88.0 Å². The number of rotatable bonds is 10. The van der Waals surface area contributed by atoms with Crippen molar-refractivity contribution in [3.63, 3.8) is 0 Å². The molecule has 2 aromatic heterocycles. The van der Waals surface area contributed by atoms with Crippen molar-refractivity contribution in [3.8, 4) is 11.5 Å². The van der Waals surface area contributed by atoms with Gasteiger partial charge >= 0.3 is 0 Å². The number of nitrogens with zero attached hydrogens (tertiary/aromatic N) is 6. The summed E-state index contributed by atoms with van der Waals surface area (Å²) in [6.07, 6.45) is 24.1. The molecule has 8 heterocycles. The van der Waals surface area contributed by atoms with Gasteiger partial charge in [-0.05, 0) is 134 Å². The molecule has 10 nitrogen and oxygen atoms in total. The lowest BCUT2D eigenvalue weighted by Gasteiger charge is -2.34. The molecular formula is C50H62F2N8O2. The molecule has 0 radical (unpaired) electrons. The Morgan fingerprint density at radius 2 is 1.00 bits per heavy atom. The normalized spacial score (nSPS) is 21.5. The van der Waals surface area contributed by atoms with Crippen molar-refractivity contribution in [1.29, 1.82) is 0 Å². The predicted octanol–water partition coefficient (Wildman–Crippen LogP) is 8.33. The summed E-state index contributed by atoms with van der Waals surface area (Å²) in [5, 5.41) is 6.63. The van der Waals surface area contributed by atoms with Crippen molar-refractivity contribution in [2.45, 2.75) is 103 Å². The molecule has 2 fully saturated rings. The van der Waals surface area contributed by atoms with Gasteiger partial charge in [-0.1, -0.05) is 38.8 Å². The minimum atomic E-state index is -0.215. The summed E-state index contributed by atoms with van der Waals surface area (Å²) in [7, 11) is 0. The second kappa shape index (κ2) is 19.6. The van der Waals surface area contributed by atoms with E-state index in [-0.39, 0.29) is 23.8 Å². The first kappa shape index (κ1) is 42.4. The van der Waals surface area contributed by atoms with Crippen LogP contribution in [0.4, 0.5) is 20.7 Å². The van der Waals surface area contributed by atoms with Crippen LogP contribution in [0.2, 0.25) is 0 Å². The Kier molecular flexibility index (Phi) is 13.4.